The van der Waals surface area contributed by atoms with Crippen LogP contribution in [0.15, 0.2) is 24.4 Å². The van der Waals surface area contributed by atoms with Gasteiger partial charge in [0, 0.05) is 11.9 Å². The minimum Gasteiger partial charge on any atom is -0.480 e. The van der Waals surface area contributed by atoms with E-state index in [0.717, 1.165) is 39.1 Å². The predicted molar refractivity (Wildman–Crippen MR) is 109 cm³/mol. The third-order valence-electron chi connectivity index (χ3n) is 5.11. The predicted octanol–water partition coefficient (Wildman–Crippen LogP) is 4.57. The van der Waals surface area contributed by atoms with E-state index >= 15 is 0 Å². The Hall–Kier alpha value is -2.40. The van der Waals surface area contributed by atoms with E-state index in [-0.39, 0.29) is 12.1 Å². The molecule has 1 N–H and O–H groups in total. The fraction of sp³-hybridized carbons (Fsp3) is 0.455. The number of aromatic nitrogens is 3. The fourth-order valence-electron chi connectivity index (χ4n) is 3.36. The highest BCUT2D eigenvalue weighted by molar-refractivity contribution is 5.85. The molecule has 0 aliphatic carbocycles. The van der Waals surface area contributed by atoms with Gasteiger partial charge in [0.25, 0.3) is 0 Å². The Kier molecular flexibility index (Phi) is 5.00. The Morgan fingerprint density at radius 3 is 2.44 bits per heavy atom. The maximum absolute atomic E-state index is 9.79. The van der Waals surface area contributed by atoms with E-state index in [2.05, 4.69) is 49.5 Å². The molecular weight excluding hydrogens is 338 g/mol. The van der Waals surface area contributed by atoms with Crippen LogP contribution in [-0.4, -0.2) is 33.4 Å². The lowest BCUT2D eigenvalue weighted by molar-refractivity contribution is 0.168. The first kappa shape index (κ1) is 19.4. The van der Waals surface area contributed by atoms with Crippen molar-refractivity contribution in [1.29, 1.82) is 0 Å². The van der Waals surface area contributed by atoms with E-state index in [0.29, 0.717) is 11.8 Å². The molecule has 5 heteroatoms. The van der Waals surface area contributed by atoms with Crippen LogP contribution in [0, 0.1) is 13.8 Å². The lowest BCUT2D eigenvalue weighted by Crippen LogP contribution is -2.29. The average molecular weight is 367 g/mol. The van der Waals surface area contributed by atoms with Crippen molar-refractivity contribution in [2.45, 2.75) is 53.0 Å². The number of fused-ring (bicyclic) bond motifs is 1. The molecule has 3 rings (SSSR count). The van der Waals surface area contributed by atoms with Crippen molar-refractivity contribution >= 4 is 11.0 Å². The minimum absolute atomic E-state index is 0.0609. The SMILES string of the molecule is COc1nc(C(C)C)ccc1-c1nc2c(C)cn(C(C)(C)CO)c2cc1C. The van der Waals surface area contributed by atoms with Crippen molar-refractivity contribution in [3.63, 3.8) is 0 Å². The van der Waals surface area contributed by atoms with Crippen LogP contribution in [0.1, 0.15) is 50.4 Å². The molecule has 0 saturated heterocycles. The van der Waals surface area contributed by atoms with Crippen LogP contribution in [-0.2, 0) is 5.54 Å². The molecule has 0 bridgehead atoms. The van der Waals surface area contributed by atoms with E-state index in [1.807, 2.05) is 26.0 Å². The van der Waals surface area contributed by atoms with Gasteiger partial charge in [-0.05, 0) is 62.9 Å². The number of rotatable bonds is 5. The first-order valence-electron chi connectivity index (χ1n) is 9.35. The summed E-state index contributed by atoms with van der Waals surface area (Å²) in [4.78, 5) is 9.64. The molecule has 0 aliphatic rings. The van der Waals surface area contributed by atoms with Gasteiger partial charge in [-0.15, -0.1) is 0 Å². The van der Waals surface area contributed by atoms with E-state index in [9.17, 15) is 5.11 Å². The summed E-state index contributed by atoms with van der Waals surface area (Å²) in [6.45, 7) is 12.4. The largest absolute Gasteiger partial charge is 0.480 e. The summed E-state index contributed by atoms with van der Waals surface area (Å²) in [6, 6.07) is 6.23. The van der Waals surface area contributed by atoms with Crippen LogP contribution in [0.5, 0.6) is 5.88 Å². The van der Waals surface area contributed by atoms with E-state index in [4.69, 9.17) is 9.72 Å². The molecule has 0 atom stereocenters. The topological polar surface area (TPSA) is 60.2 Å². The van der Waals surface area contributed by atoms with E-state index < -0.39 is 0 Å². The lowest BCUT2D eigenvalue weighted by atomic mass is 10.0. The van der Waals surface area contributed by atoms with E-state index in [1.54, 1.807) is 7.11 Å². The van der Waals surface area contributed by atoms with Gasteiger partial charge in [0.15, 0.2) is 0 Å². The van der Waals surface area contributed by atoms with Crippen LogP contribution in [0.3, 0.4) is 0 Å². The van der Waals surface area contributed by atoms with Crippen molar-refractivity contribution in [3.8, 4) is 17.1 Å². The Bertz CT molecular complexity index is 987. The van der Waals surface area contributed by atoms with Crippen molar-refractivity contribution in [2.24, 2.45) is 0 Å². The highest BCUT2D eigenvalue weighted by Crippen LogP contribution is 2.35. The summed E-state index contributed by atoms with van der Waals surface area (Å²) >= 11 is 0. The zero-order chi connectivity index (χ0) is 19.9. The molecule has 144 valence electrons. The Labute approximate surface area is 161 Å². The summed E-state index contributed by atoms with van der Waals surface area (Å²) in [5, 5.41) is 9.79. The molecule has 0 fully saturated rings. The highest BCUT2D eigenvalue weighted by Gasteiger charge is 2.24. The summed E-state index contributed by atoms with van der Waals surface area (Å²) in [6.07, 6.45) is 2.06. The first-order chi connectivity index (χ1) is 12.7. The summed E-state index contributed by atoms with van der Waals surface area (Å²) < 4.78 is 7.69. The Balaban J connectivity index is 2.23. The van der Waals surface area contributed by atoms with Gasteiger partial charge in [-0.1, -0.05) is 13.8 Å². The second kappa shape index (κ2) is 6.97. The van der Waals surface area contributed by atoms with Gasteiger partial charge >= 0.3 is 0 Å². The summed E-state index contributed by atoms with van der Waals surface area (Å²) in [5.41, 5.74) is 6.48. The zero-order valence-electron chi connectivity index (χ0n) is 17.3. The summed E-state index contributed by atoms with van der Waals surface area (Å²) in [7, 11) is 1.65. The molecule has 0 saturated carbocycles. The molecule has 3 aromatic rings. The van der Waals surface area contributed by atoms with Crippen molar-refractivity contribution < 1.29 is 9.84 Å². The number of ether oxygens (including phenoxy) is 1. The van der Waals surface area contributed by atoms with Gasteiger partial charge in [0.1, 0.15) is 0 Å². The molecule has 3 aromatic heterocycles. The molecule has 5 nitrogen and oxygen atoms in total. The normalized spacial score (nSPS) is 12.2. The Morgan fingerprint density at radius 1 is 1.15 bits per heavy atom. The molecule has 0 radical (unpaired) electrons. The quantitative estimate of drug-likeness (QED) is 0.717. The van der Waals surface area contributed by atoms with Gasteiger partial charge in [-0.3, -0.25) is 0 Å². The highest BCUT2D eigenvalue weighted by atomic mass is 16.5. The minimum atomic E-state index is -0.389. The van der Waals surface area contributed by atoms with Gasteiger partial charge < -0.3 is 14.4 Å². The molecule has 0 aliphatic heterocycles. The van der Waals surface area contributed by atoms with Gasteiger partial charge in [-0.25, -0.2) is 9.97 Å². The van der Waals surface area contributed by atoms with Crippen molar-refractivity contribution in [3.05, 3.63) is 41.2 Å². The molecule has 0 aromatic carbocycles. The molecule has 27 heavy (non-hydrogen) atoms. The number of aliphatic hydroxyl groups excluding tert-OH is 1. The van der Waals surface area contributed by atoms with Crippen LogP contribution in [0.25, 0.3) is 22.3 Å². The van der Waals surface area contributed by atoms with Gasteiger partial charge in [-0.2, -0.15) is 0 Å². The number of aliphatic hydroxyl groups is 1. The van der Waals surface area contributed by atoms with Gasteiger partial charge in [0.05, 0.1) is 41.5 Å². The van der Waals surface area contributed by atoms with Gasteiger partial charge in [0.2, 0.25) is 5.88 Å². The molecule has 0 amide bonds. The fourth-order valence-corrected chi connectivity index (χ4v) is 3.36. The second-order valence-corrected chi connectivity index (χ2v) is 8.12. The number of nitrogens with zero attached hydrogens (tertiary/aromatic N) is 3. The standard InChI is InChI=1S/C22H29N3O2/c1-13(2)17-9-8-16(21(23-17)27-7)19-14(3)10-18-20(24-19)15(4)11-25(18)22(5,6)12-26/h8-11,13,26H,12H2,1-7H3. The third-order valence-corrected chi connectivity index (χ3v) is 5.11. The van der Waals surface area contributed by atoms with Crippen molar-refractivity contribution in [2.75, 3.05) is 13.7 Å². The zero-order valence-corrected chi connectivity index (χ0v) is 17.3. The van der Waals surface area contributed by atoms with Crippen LogP contribution < -0.4 is 4.74 Å². The second-order valence-electron chi connectivity index (χ2n) is 8.12. The molecular formula is C22H29N3O2. The first-order valence-corrected chi connectivity index (χ1v) is 9.35. The molecule has 0 unspecified atom stereocenters. The third kappa shape index (κ3) is 3.32. The number of methoxy groups -OCH3 is 1. The molecule has 0 spiro atoms. The number of hydrogen-bond acceptors (Lipinski definition) is 4. The maximum atomic E-state index is 9.79. The van der Waals surface area contributed by atoms with Crippen molar-refractivity contribution in [1.82, 2.24) is 14.5 Å². The van der Waals surface area contributed by atoms with Crippen LogP contribution in [0.4, 0.5) is 0 Å². The van der Waals surface area contributed by atoms with Crippen LogP contribution >= 0.6 is 0 Å². The molecule has 3 heterocycles. The van der Waals surface area contributed by atoms with Crippen LogP contribution in [0.2, 0.25) is 0 Å². The average Bonchev–Trinajstić information content (AvgIpc) is 2.97. The Morgan fingerprint density at radius 2 is 1.85 bits per heavy atom. The maximum Gasteiger partial charge on any atom is 0.222 e. The lowest BCUT2D eigenvalue weighted by Gasteiger charge is -2.25. The summed E-state index contributed by atoms with van der Waals surface area (Å²) in [5.74, 6) is 0.936. The number of pyridine rings is 2. The monoisotopic (exact) mass is 367 g/mol. The smallest absolute Gasteiger partial charge is 0.222 e. The number of hydrogen-bond donors (Lipinski definition) is 1. The number of aryl methyl sites for hydroxylation is 2. The van der Waals surface area contributed by atoms with E-state index in [1.165, 1.54) is 0 Å².